The van der Waals surface area contributed by atoms with E-state index in [1.54, 1.807) is 7.05 Å². The summed E-state index contributed by atoms with van der Waals surface area (Å²) in [5.41, 5.74) is 2.83. The zero-order chi connectivity index (χ0) is 16.8. The molecule has 0 radical (unpaired) electrons. The summed E-state index contributed by atoms with van der Waals surface area (Å²) in [5.74, 6) is 0.583. The normalized spacial score (nSPS) is 13.0. The lowest BCUT2D eigenvalue weighted by Crippen LogP contribution is -2.43. The topological polar surface area (TPSA) is 82.5 Å². The van der Waals surface area contributed by atoms with Gasteiger partial charge in [0.05, 0.1) is 6.20 Å². The summed E-state index contributed by atoms with van der Waals surface area (Å²) in [6, 6.07) is 8.33. The van der Waals surface area contributed by atoms with E-state index in [-0.39, 0.29) is 29.9 Å². The summed E-state index contributed by atoms with van der Waals surface area (Å²) in [7, 11) is 1.77. The smallest absolute Gasteiger partial charge is 0.271 e. The summed E-state index contributed by atoms with van der Waals surface area (Å²) in [4.78, 5) is 26.3. The van der Waals surface area contributed by atoms with Crippen molar-refractivity contribution in [3.05, 3.63) is 54.1 Å². The van der Waals surface area contributed by atoms with Crippen molar-refractivity contribution in [1.82, 2.24) is 20.6 Å². The van der Waals surface area contributed by atoms with Crippen molar-refractivity contribution in [2.24, 2.45) is 4.99 Å². The number of fused-ring (bicyclic) bond motifs is 1. The van der Waals surface area contributed by atoms with Gasteiger partial charge in [-0.2, -0.15) is 0 Å². The number of para-hydroxylation sites is 1. The van der Waals surface area contributed by atoms with Gasteiger partial charge in [-0.05, 0) is 18.1 Å². The van der Waals surface area contributed by atoms with Gasteiger partial charge in [-0.1, -0.05) is 18.2 Å². The summed E-state index contributed by atoms with van der Waals surface area (Å²) in [6.07, 6.45) is 5.50. The number of anilines is 1. The van der Waals surface area contributed by atoms with Gasteiger partial charge in [0.2, 0.25) is 0 Å². The maximum Gasteiger partial charge on any atom is 0.271 e. The molecule has 2 N–H and O–H groups in total. The van der Waals surface area contributed by atoms with E-state index < -0.39 is 0 Å². The van der Waals surface area contributed by atoms with Gasteiger partial charge in [0.25, 0.3) is 5.91 Å². The summed E-state index contributed by atoms with van der Waals surface area (Å²) in [6.45, 7) is 1.96. The highest BCUT2D eigenvalue weighted by atomic mass is 127. The number of aliphatic imine (C=N–C) groups is 1. The highest BCUT2D eigenvalue weighted by molar-refractivity contribution is 14.0. The Morgan fingerprint density at radius 1 is 1.24 bits per heavy atom. The molecule has 1 aromatic heterocycles. The predicted molar refractivity (Wildman–Crippen MR) is 109 cm³/mol. The number of carbonyl (C=O) groups is 1. The van der Waals surface area contributed by atoms with Crippen molar-refractivity contribution in [2.45, 2.75) is 6.42 Å². The van der Waals surface area contributed by atoms with Crippen LogP contribution in [0, 0.1) is 0 Å². The fraction of sp³-hybridized carbons (Fsp3) is 0.294. The molecule has 0 aliphatic carbocycles. The average Bonchev–Trinajstić information content (AvgIpc) is 3.06. The van der Waals surface area contributed by atoms with Gasteiger partial charge in [-0.25, -0.2) is 4.98 Å². The van der Waals surface area contributed by atoms with Gasteiger partial charge in [0.15, 0.2) is 5.96 Å². The van der Waals surface area contributed by atoms with Crippen LogP contribution >= 0.6 is 24.0 Å². The first-order valence-corrected chi connectivity index (χ1v) is 7.90. The predicted octanol–water partition coefficient (Wildman–Crippen LogP) is 1.46. The fourth-order valence-corrected chi connectivity index (χ4v) is 2.71. The van der Waals surface area contributed by atoms with Gasteiger partial charge < -0.3 is 15.5 Å². The molecule has 25 heavy (non-hydrogen) atoms. The first-order chi connectivity index (χ1) is 11.8. The molecule has 1 aliphatic rings. The minimum absolute atomic E-state index is 0. The molecule has 7 nitrogen and oxygen atoms in total. The van der Waals surface area contributed by atoms with E-state index in [1.165, 1.54) is 29.8 Å². The summed E-state index contributed by atoms with van der Waals surface area (Å²) < 4.78 is 0. The van der Waals surface area contributed by atoms with Crippen molar-refractivity contribution >= 4 is 41.5 Å². The maximum absolute atomic E-state index is 11.9. The number of benzene rings is 1. The van der Waals surface area contributed by atoms with E-state index in [1.807, 2.05) is 6.07 Å². The third-order valence-electron chi connectivity index (χ3n) is 3.84. The molecular formula is C17H21IN6O. The number of hydrogen-bond donors (Lipinski definition) is 2. The molecule has 0 fully saturated rings. The number of guanidine groups is 1. The second-order valence-corrected chi connectivity index (χ2v) is 5.35. The number of rotatable bonds is 4. The van der Waals surface area contributed by atoms with E-state index in [0.717, 1.165) is 18.9 Å². The van der Waals surface area contributed by atoms with Crippen molar-refractivity contribution in [3.63, 3.8) is 0 Å². The van der Waals surface area contributed by atoms with Crippen LogP contribution in [0.1, 0.15) is 16.1 Å². The van der Waals surface area contributed by atoms with E-state index in [2.05, 4.69) is 48.7 Å². The zero-order valence-electron chi connectivity index (χ0n) is 14.0. The third kappa shape index (κ3) is 4.65. The molecule has 0 saturated carbocycles. The Kier molecular flexibility index (Phi) is 7.11. The molecule has 1 aliphatic heterocycles. The largest absolute Gasteiger partial charge is 0.354 e. The van der Waals surface area contributed by atoms with Crippen LogP contribution in [0.2, 0.25) is 0 Å². The number of carbonyl (C=O) groups excluding carboxylic acids is 1. The first-order valence-electron chi connectivity index (χ1n) is 7.90. The van der Waals surface area contributed by atoms with E-state index in [4.69, 9.17) is 0 Å². The van der Waals surface area contributed by atoms with Crippen LogP contribution in [0.4, 0.5) is 5.69 Å². The minimum Gasteiger partial charge on any atom is -0.354 e. The highest BCUT2D eigenvalue weighted by Gasteiger charge is 2.22. The standard InChI is InChI=1S/C17H20N6O.HI/c1-18-17(23-11-6-13-4-2-3-5-15(13)23)22-10-9-21-16(24)14-12-19-7-8-20-14;/h2-5,7-8,12H,6,9-11H2,1H3,(H,18,22)(H,21,24);1H. The van der Waals surface area contributed by atoms with E-state index >= 15 is 0 Å². The lowest BCUT2D eigenvalue weighted by atomic mass is 10.2. The minimum atomic E-state index is -0.230. The van der Waals surface area contributed by atoms with Crippen LogP contribution in [0.3, 0.4) is 0 Å². The van der Waals surface area contributed by atoms with Gasteiger partial charge in [-0.15, -0.1) is 24.0 Å². The molecule has 1 aromatic carbocycles. The molecule has 0 saturated heterocycles. The Morgan fingerprint density at radius 2 is 2.04 bits per heavy atom. The maximum atomic E-state index is 11.9. The highest BCUT2D eigenvalue weighted by Crippen LogP contribution is 2.27. The van der Waals surface area contributed by atoms with E-state index in [9.17, 15) is 4.79 Å². The molecule has 2 heterocycles. The van der Waals surface area contributed by atoms with Crippen molar-refractivity contribution in [1.29, 1.82) is 0 Å². The first kappa shape index (κ1) is 19.1. The molecule has 3 rings (SSSR count). The van der Waals surface area contributed by atoms with Gasteiger partial charge >= 0.3 is 0 Å². The number of hydrogen-bond acceptors (Lipinski definition) is 4. The summed E-state index contributed by atoms with van der Waals surface area (Å²) in [5, 5.41) is 6.09. The van der Waals surface area contributed by atoms with Crippen LogP contribution in [-0.2, 0) is 6.42 Å². The Hall–Kier alpha value is -2.23. The Balaban J connectivity index is 0.00000225. The molecule has 2 aromatic rings. The molecule has 0 unspecified atom stereocenters. The number of halogens is 1. The number of amides is 1. The van der Waals surface area contributed by atoms with Gasteiger partial charge in [0.1, 0.15) is 5.69 Å². The van der Waals surface area contributed by atoms with Crippen LogP contribution in [-0.4, -0.2) is 48.5 Å². The van der Waals surface area contributed by atoms with Crippen molar-refractivity contribution in [3.8, 4) is 0 Å². The van der Waals surface area contributed by atoms with Crippen LogP contribution in [0.15, 0.2) is 47.8 Å². The molecule has 8 heteroatoms. The monoisotopic (exact) mass is 452 g/mol. The number of aromatic nitrogens is 2. The molecule has 0 spiro atoms. The second-order valence-electron chi connectivity index (χ2n) is 5.35. The Bertz CT molecular complexity index is 737. The second kappa shape index (κ2) is 9.30. The molecule has 1 amide bonds. The van der Waals surface area contributed by atoms with Crippen LogP contribution in [0.5, 0.6) is 0 Å². The molecular weight excluding hydrogens is 431 g/mol. The molecule has 0 atom stereocenters. The lowest BCUT2D eigenvalue weighted by Gasteiger charge is -2.22. The Labute approximate surface area is 164 Å². The van der Waals surface area contributed by atoms with Crippen molar-refractivity contribution < 1.29 is 4.79 Å². The average molecular weight is 452 g/mol. The summed E-state index contributed by atoms with van der Waals surface area (Å²) >= 11 is 0. The SMILES string of the molecule is CN=C(NCCNC(=O)c1cnccn1)N1CCc2ccccc21.I. The fourth-order valence-electron chi connectivity index (χ4n) is 2.71. The number of nitrogens with zero attached hydrogens (tertiary/aromatic N) is 4. The Morgan fingerprint density at radius 3 is 2.80 bits per heavy atom. The van der Waals surface area contributed by atoms with Gasteiger partial charge in [-0.3, -0.25) is 14.8 Å². The van der Waals surface area contributed by atoms with Gasteiger partial charge in [0, 0.05) is 44.8 Å². The lowest BCUT2D eigenvalue weighted by molar-refractivity contribution is 0.0949. The van der Waals surface area contributed by atoms with Crippen LogP contribution < -0.4 is 15.5 Å². The molecule has 0 bridgehead atoms. The van der Waals surface area contributed by atoms with Crippen molar-refractivity contribution in [2.75, 3.05) is 31.6 Å². The quantitative estimate of drug-likeness (QED) is 0.318. The van der Waals surface area contributed by atoms with E-state index in [0.29, 0.717) is 18.8 Å². The third-order valence-corrected chi connectivity index (χ3v) is 3.84. The van der Waals surface area contributed by atoms with Crippen LogP contribution in [0.25, 0.3) is 0 Å². The zero-order valence-corrected chi connectivity index (χ0v) is 16.3. The molecule has 132 valence electrons. The number of nitrogens with one attached hydrogen (secondary N) is 2.